The molecule has 3 nitrogen and oxygen atoms in total. The lowest BCUT2D eigenvalue weighted by Crippen LogP contribution is -2.12. The van der Waals surface area contributed by atoms with Crippen molar-refractivity contribution in [2.24, 2.45) is 0 Å². The smallest absolute Gasteiger partial charge is 0.416 e. The van der Waals surface area contributed by atoms with Gasteiger partial charge in [0.25, 0.3) is 0 Å². The average molecular weight is 418 g/mol. The largest absolute Gasteiger partial charge is 0.489 e. The maximum Gasteiger partial charge on any atom is 0.416 e. The second-order valence-corrected chi connectivity index (χ2v) is 7.67. The quantitative estimate of drug-likeness (QED) is 0.486. The van der Waals surface area contributed by atoms with Gasteiger partial charge in [0.05, 0.1) is 18.2 Å². The molecule has 0 N–H and O–H groups in total. The SMILES string of the molecule is C=C(C)c1cc(OCc2ccc(C3CCCC3)c(C(F)(F)F)c2)ccc1C(=O)OC. The Hall–Kier alpha value is -2.76. The van der Waals surface area contributed by atoms with Crippen LogP contribution < -0.4 is 4.74 Å². The summed E-state index contributed by atoms with van der Waals surface area (Å²) in [4.78, 5) is 11.9. The Labute approximate surface area is 174 Å². The minimum absolute atomic E-state index is 0.0127. The van der Waals surface area contributed by atoms with Crippen LogP contribution >= 0.6 is 0 Å². The number of carbonyl (C=O) groups is 1. The molecule has 0 heterocycles. The maximum absolute atomic E-state index is 13.6. The highest BCUT2D eigenvalue weighted by molar-refractivity contribution is 5.95. The summed E-state index contributed by atoms with van der Waals surface area (Å²) in [5, 5.41) is 0. The van der Waals surface area contributed by atoms with E-state index in [1.54, 1.807) is 37.3 Å². The number of hydrogen-bond donors (Lipinski definition) is 0. The molecule has 0 aliphatic heterocycles. The fourth-order valence-electron chi connectivity index (χ4n) is 3.95. The molecular formula is C24H25F3O3. The van der Waals surface area contributed by atoms with E-state index in [2.05, 4.69) is 6.58 Å². The van der Waals surface area contributed by atoms with Crippen LogP contribution in [0.15, 0.2) is 43.0 Å². The van der Waals surface area contributed by atoms with Crippen LogP contribution in [0, 0.1) is 0 Å². The van der Waals surface area contributed by atoms with Gasteiger partial charge in [0.1, 0.15) is 12.4 Å². The van der Waals surface area contributed by atoms with Gasteiger partial charge in [-0.15, -0.1) is 0 Å². The number of rotatable bonds is 6. The summed E-state index contributed by atoms with van der Waals surface area (Å²) in [7, 11) is 1.29. The van der Waals surface area contributed by atoms with Crippen molar-refractivity contribution < 1.29 is 27.4 Å². The van der Waals surface area contributed by atoms with Crippen molar-refractivity contribution in [3.05, 3.63) is 70.8 Å². The van der Waals surface area contributed by atoms with Crippen LogP contribution in [0.25, 0.3) is 5.57 Å². The first-order chi connectivity index (χ1) is 14.2. The Balaban J connectivity index is 1.82. The molecule has 0 aromatic heterocycles. The molecule has 2 aromatic rings. The van der Waals surface area contributed by atoms with Gasteiger partial charge in [-0.05, 0) is 66.6 Å². The minimum atomic E-state index is -4.40. The lowest BCUT2D eigenvalue weighted by Gasteiger charge is -2.19. The molecule has 6 heteroatoms. The van der Waals surface area contributed by atoms with E-state index in [9.17, 15) is 18.0 Å². The Morgan fingerprint density at radius 1 is 1.10 bits per heavy atom. The number of halogens is 3. The van der Waals surface area contributed by atoms with E-state index in [0.29, 0.717) is 33.6 Å². The normalized spacial score (nSPS) is 14.6. The third-order valence-electron chi connectivity index (χ3n) is 5.48. The van der Waals surface area contributed by atoms with Crippen molar-refractivity contribution >= 4 is 11.5 Å². The molecule has 1 aliphatic carbocycles. The van der Waals surface area contributed by atoms with E-state index in [1.165, 1.54) is 13.2 Å². The van der Waals surface area contributed by atoms with E-state index < -0.39 is 17.7 Å². The van der Waals surface area contributed by atoms with Crippen molar-refractivity contribution in [3.8, 4) is 5.75 Å². The second kappa shape index (κ2) is 8.94. The monoisotopic (exact) mass is 418 g/mol. The molecule has 0 atom stereocenters. The predicted molar refractivity (Wildman–Crippen MR) is 109 cm³/mol. The van der Waals surface area contributed by atoms with Crippen LogP contribution in [0.3, 0.4) is 0 Å². The third-order valence-corrected chi connectivity index (χ3v) is 5.48. The Morgan fingerprint density at radius 3 is 2.40 bits per heavy atom. The Bertz CT molecular complexity index is 941. The number of benzene rings is 2. The summed E-state index contributed by atoms with van der Waals surface area (Å²) < 4.78 is 51.4. The summed E-state index contributed by atoms with van der Waals surface area (Å²) in [6, 6.07) is 9.29. The number of ether oxygens (including phenoxy) is 2. The summed E-state index contributed by atoms with van der Waals surface area (Å²) in [6.45, 7) is 5.60. The van der Waals surface area contributed by atoms with E-state index >= 15 is 0 Å². The van der Waals surface area contributed by atoms with Crippen molar-refractivity contribution in [1.82, 2.24) is 0 Å². The lowest BCUT2D eigenvalue weighted by atomic mass is 9.91. The van der Waals surface area contributed by atoms with E-state index in [4.69, 9.17) is 9.47 Å². The second-order valence-electron chi connectivity index (χ2n) is 7.67. The maximum atomic E-state index is 13.6. The molecule has 1 fully saturated rings. The third kappa shape index (κ3) is 4.86. The van der Waals surface area contributed by atoms with Gasteiger partial charge in [-0.3, -0.25) is 0 Å². The molecule has 0 amide bonds. The number of esters is 1. The van der Waals surface area contributed by atoms with Gasteiger partial charge in [0.15, 0.2) is 0 Å². The molecule has 0 spiro atoms. The first-order valence-corrected chi connectivity index (χ1v) is 9.91. The molecule has 3 rings (SSSR count). The van der Waals surface area contributed by atoms with Crippen LogP contribution in [0.1, 0.15) is 71.1 Å². The zero-order valence-electron chi connectivity index (χ0n) is 17.1. The zero-order chi connectivity index (χ0) is 21.9. The van der Waals surface area contributed by atoms with Crippen molar-refractivity contribution in [3.63, 3.8) is 0 Å². The first-order valence-electron chi connectivity index (χ1n) is 9.91. The molecule has 160 valence electrons. The fourth-order valence-corrected chi connectivity index (χ4v) is 3.95. The number of allylic oxidation sites excluding steroid dienone is 1. The number of hydrogen-bond acceptors (Lipinski definition) is 3. The highest BCUT2D eigenvalue weighted by atomic mass is 19.4. The van der Waals surface area contributed by atoms with Gasteiger partial charge in [0.2, 0.25) is 0 Å². The van der Waals surface area contributed by atoms with Gasteiger partial charge in [0, 0.05) is 0 Å². The Kier molecular flexibility index (Phi) is 6.54. The Morgan fingerprint density at radius 2 is 1.80 bits per heavy atom. The predicted octanol–water partition coefficient (Wildman–Crippen LogP) is 6.76. The topological polar surface area (TPSA) is 35.5 Å². The highest BCUT2D eigenvalue weighted by Crippen LogP contribution is 2.42. The van der Waals surface area contributed by atoms with Crippen molar-refractivity contribution in [2.75, 3.05) is 7.11 Å². The van der Waals surface area contributed by atoms with E-state index in [1.807, 2.05) is 0 Å². The number of carbonyl (C=O) groups excluding carboxylic acids is 1. The molecule has 0 radical (unpaired) electrons. The van der Waals surface area contributed by atoms with Crippen LogP contribution in [0.5, 0.6) is 5.75 Å². The molecule has 2 aromatic carbocycles. The fraction of sp³-hybridized carbons (Fsp3) is 0.375. The molecule has 0 saturated heterocycles. The zero-order valence-corrected chi connectivity index (χ0v) is 17.1. The molecule has 1 aliphatic rings. The first kappa shape index (κ1) is 21.9. The number of alkyl halides is 3. The van der Waals surface area contributed by atoms with Gasteiger partial charge >= 0.3 is 12.1 Å². The highest BCUT2D eigenvalue weighted by Gasteiger charge is 2.36. The number of methoxy groups -OCH3 is 1. The average Bonchev–Trinajstić information content (AvgIpc) is 3.25. The van der Waals surface area contributed by atoms with Gasteiger partial charge in [-0.1, -0.05) is 37.1 Å². The van der Waals surface area contributed by atoms with Gasteiger partial charge in [-0.2, -0.15) is 13.2 Å². The van der Waals surface area contributed by atoms with Crippen molar-refractivity contribution in [1.29, 1.82) is 0 Å². The molecule has 0 unspecified atom stereocenters. The van der Waals surface area contributed by atoms with Crippen LogP contribution in [0.4, 0.5) is 13.2 Å². The standard InChI is InChI=1S/C24H25F3O3/c1-15(2)21-13-18(9-11-20(21)23(28)29-3)30-14-16-8-10-19(17-6-4-5-7-17)22(12-16)24(25,26)27/h8-13,17H,1,4-7,14H2,2-3H3. The van der Waals surface area contributed by atoms with E-state index in [0.717, 1.165) is 25.7 Å². The molecular weight excluding hydrogens is 393 g/mol. The summed E-state index contributed by atoms with van der Waals surface area (Å²) in [6.07, 6.45) is -0.855. The van der Waals surface area contributed by atoms with Crippen LogP contribution in [-0.4, -0.2) is 13.1 Å². The van der Waals surface area contributed by atoms with Gasteiger partial charge < -0.3 is 9.47 Å². The minimum Gasteiger partial charge on any atom is -0.489 e. The molecule has 0 bridgehead atoms. The molecule has 30 heavy (non-hydrogen) atoms. The molecule has 1 saturated carbocycles. The van der Waals surface area contributed by atoms with E-state index in [-0.39, 0.29) is 12.5 Å². The summed E-state index contributed by atoms with van der Waals surface area (Å²) in [5.74, 6) is -0.0773. The lowest BCUT2D eigenvalue weighted by molar-refractivity contribution is -0.138. The van der Waals surface area contributed by atoms with Crippen LogP contribution in [-0.2, 0) is 17.5 Å². The summed E-state index contributed by atoms with van der Waals surface area (Å²) in [5.41, 5.74) is 1.85. The van der Waals surface area contributed by atoms with Crippen LogP contribution in [0.2, 0.25) is 0 Å². The van der Waals surface area contributed by atoms with Crippen molar-refractivity contribution in [2.45, 2.75) is 51.3 Å². The van der Waals surface area contributed by atoms with Gasteiger partial charge in [-0.25, -0.2) is 4.79 Å². The summed E-state index contributed by atoms with van der Waals surface area (Å²) >= 11 is 0.